The van der Waals surface area contributed by atoms with E-state index in [1.165, 1.54) is 16.7 Å². The highest BCUT2D eigenvalue weighted by Crippen LogP contribution is 2.20. The van der Waals surface area contributed by atoms with Gasteiger partial charge in [-0.05, 0) is 50.0 Å². The van der Waals surface area contributed by atoms with Gasteiger partial charge in [0.25, 0.3) is 0 Å². The molecule has 4 atom stereocenters. The molecule has 33 heavy (non-hydrogen) atoms. The lowest BCUT2D eigenvalue weighted by Gasteiger charge is -2.29. The largest absolute Gasteiger partial charge is 0.480 e. The van der Waals surface area contributed by atoms with E-state index in [2.05, 4.69) is 10.6 Å². The summed E-state index contributed by atoms with van der Waals surface area (Å²) in [6.07, 6.45) is 3.31. The minimum atomic E-state index is -1.11. The van der Waals surface area contributed by atoms with E-state index in [9.17, 15) is 29.1 Å². The van der Waals surface area contributed by atoms with E-state index < -0.39 is 53.8 Å². The molecule has 0 aromatic heterocycles. The number of nitrogens with two attached hydrogens (primary N) is 2. The molecule has 1 aliphatic rings. The normalized spacial score (nSPS) is 18.5. The highest BCUT2D eigenvalue weighted by atomic mass is 32.2. The Bertz CT molecular complexity index is 719. The molecule has 1 fully saturated rings. The molecule has 0 aliphatic carbocycles. The summed E-state index contributed by atoms with van der Waals surface area (Å²) in [7, 11) is 0. The second-order valence-electron chi connectivity index (χ2n) is 8.67. The first-order valence-electron chi connectivity index (χ1n) is 11.1. The number of hydrogen-bond acceptors (Lipinski definition) is 7. The molecule has 4 amide bonds. The van der Waals surface area contributed by atoms with Gasteiger partial charge >= 0.3 is 5.97 Å². The minimum absolute atomic E-state index is 0.0313. The molecule has 11 nitrogen and oxygen atoms in total. The molecule has 1 saturated heterocycles. The summed E-state index contributed by atoms with van der Waals surface area (Å²) < 4.78 is 0. The van der Waals surface area contributed by atoms with Crippen LogP contribution < -0.4 is 22.1 Å². The van der Waals surface area contributed by atoms with Crippen molar-refractivity contribution < 1.29 is 29.1 Å². The van der Waals surface area contributed by atoms with Gasteiger partial charge in [-0.25, -0.2) is 4.79 Å². The number of carbonyl (C=O) groups excluding carboxylic acids is 4. The zero-order chi connectivity index (χ0) is 25.1. The highest BCUT2D eigenvalue weighted by Gasteiger charge is 2.38. The SMILES string of the molecule is CSCCC(N)C(=O)NC(CCC(N)=O)C(=O)NC(CC(C)C)C(=O)N1CCCC1C(=O)O. The van der Waals surface area contributed by atoms with Crippen molar-refractivity contribution in [2.45, 2.75) is 76.5 Å². The van der Waals surface area contributed by atoms with E-state index in [4.69, 9.17) is 11.5 Å². The highest BCUT2D eigenvalue weighted by molar-refractivity contribution is 7.98. The number of carbonyl (C=O) groups is 5. The number of thioether (sulfide) groups is 1. The van der Waals surface area contributed by atoms with Crippen LogP contribution in [0.1, 0.15) is 52.4 Å². The quantitative estimate of drug-likeness (QED) is 0.215. The van der Waals surface area contributed by atoms with Gasteiger partial charge in [0, 0.05) is 13.0 Å². The Balaban J connectivity index is 2.99. The summed E-state index contributed by atoms with van der Waals surface area (Å²) in [5.41, 5.74) is 11.1. The summed E-state index contributed by atoms with van der Waals surface area (Å²) in [4.78, 5) is 62.7. The van der Waals surface area contributed by atoms with Crippen LogP contribution in [0.25, 0.3) is 0 Å². The number of likely N-dealkylation sites (tertiary alicyclic amines) is 1. The van der Waals surface area contributed by atoms with Crippen LogP contribution in [0.5, 0.6) is 0 Å². The molecule has 0 radical (unpaired) electrons. The number of rotatable bonds is 14. The molecular weight excluding hydrogens is 450 g/mol. The summed E-state index contributed by atoms with van der Waals surface area (Å²) in [6.45, 7) is 4.05. The summed E-state index contributed by atoms with van der Waals surface area (Å²) in [5, 5.41) is 14.6. The lowest BCUT2D eigenvalue weighted by atomic mass is 10.0. The first kappa shape index (κ1) is 28.7. The molecular formula is C21H37N5O6S. The van der Waals surface area contributed by atoms with E-state index in [1.807, 2.05) is 20.1 Å². The third-order valence-corrected chi connectivity index (χ3v) is 6.07. The third kappa shape index (κ3) is 9.58. The van der Waals surface area contributed by atoms with Crippen LogP contribution in [0.2, 0.25) is 0 Å². The van der Waals surface area contributed by atoms with Gasteiger partial charge in [0.2, 0.25) is 23.6 Å². The van der Waals surface area contributed by atoms with Crippen molar-refractivity contribution >= 4 is 41.4 Å². The van der Waals surface area contributed by atoms with Crippen molar-refractivity contribution in [1.29, 1.82) is 0 Å². The molecule has 12 heteroatoms. The topological polar surface area (TPSA) is 185 Å². The monoisotopic (exact) mass is 487 g/mol. The fourth-order valence-electron chi connectivity index (χ4n) is 3.66. The van der Waals surface area contributed by atoms with Crippen LogP contribution >= 0.6 is 11.8 Å². The average molecular weight is 488 g/mol. The van der Waals surface area contributed by atoms with Crippen molar-refractivity contribution in [2.24, 2.45) is 17.4 Å². The van der Waals surface area contributed by atoms with Crippen molar-refractivity contribution in [1.82, 2.24) is 15.5 Å². The number of hydrogen-bond donors (Lipinski definition) is 5. The fourth-order valence-corrected chi connectivity index (χ4v) is 4.15. The molecule has 0 aromatic rings. The predicted molar refractivity (Wildman–Crippen MR) is 125 cm³/mol. The minimum Gasteiger partial charge on any atom is -0.480 e. The zero-order valence-corrected chi connectivity index (χ0v) is 20.4. The molecule has 1 aliphatic heterocycles. The number of primary amides is 1. The van der Waals surface area contributed by atoms with Gasteiger partial charge in [-0.3, -0.25) is 19.2 Å². The van der Waals surface area contributed by atoms with Gasteiger partial charge in [0.15, 0.2) is 0 Å². The van der Waals surface area contributed by atoms with E-state index in [0.717, 1.165) is 0 Å². The van der Waals surface area contributed by atoms with E-state index in [-0.39, 0.29) is 25.2 Å². The Kier molecular flexibility index (Phi) is 12.2. The first-order chi connectivity index (χ1) is 15.5. The van der Waals surface area contributed by atoms with Crippen LogP contribution in [0.3, 0.4) is 0 Å². The number of nitrogens with zero attached hydrogens (tertiary/aromatic N) is 1. The smallest absolute Gasteiger partial charge is 0.326 e. The van der Waals surface area contributed by atoms with Crippen molar-refractivity contribution in [3.8, 4) is 0 Å². The van der Waals surface area contributed by atoms with Gasteiger partial charge in [-0.1, -0.05) is 13.8 Å². The summed E-state index contributed by atoms with van der Waals surface area (Å²) in [5.74, 6) is -2.68. The second-order valence-corrected chi connectivity index (χ2v) is 9.66. The molecule has 0 bridgehead atoms. The zero-order valence-electron chi connectivity index (χ0n) is 19.5. The molecule has 7 N–H and O–H groups in total. The molecule has 1 heterocycles. The van der Waals surface area contributed by atoms with E-state index >= 15 is 0 Å². The molecule has 188 valence electrons. The Morgan fingerprint density at radius 2 is 1.73 bits per heavy atom. The Hall–Kier alpha value is -2.34. The van der Waals surface area contributed by atoms with Crippen LogP contribution in [-0.4, -0.2) is 82.3 Å². The van der Waals surface area contributed by atoms with Crippen molar-refractivity contribution in [3.05, 3.63) is 0 Å². The number of carboxylic acids is 1. The maximum atomic E-state index is 13.1. The Morgan fingerprint density at radius 1 is 1.09 bits per heavy atom. The van der Waals surface area contributed by atoms with Crippen LogP contribution in [-0.2, 0) is 24.0 Å². The lowest BCUT2D eigenvalue weighted by Crippen LogP contribution is -2.57. The Labute approximate surface area is 198 Å². The standard InChI is InChI=1S/C21H37N5O6S/c1-12(2)11-15(20(30)26-9-4-5-16(26)21(31)32)25-19(29)14(6-7-17(23)27)24-18(28)13(22)8-10-33-3/h12-16H,4-11,22H2,1-3H3,(H2,23,27)(H,24,28)(H,25,29)(H,31,32). The van der Waals surface area contributed by atoms with Crippen LogP contribution in [0.4, 0.5) is 0 Å². The van der Waals surface area contributed by atoms with Gasteiger partial charge in [0.1, 0.15) is 18.1 Å². The number of nitrogens with one attached hydrogen (secondary N) is 2. The maximum Gasteiger partial charge on any atom is 0.326 e. The molecule has 4 unspecified atom stereocenters. The third-order valence-electron chi connectivity index (χ3n) is 5.42. The van der Waals surface area contributed by atoms with Gasteiger partial charge in [-0.15, -0.1) is 0 Å². The lowest BCUT2D eigenvalue weighted by molar-refractivity contribution is -0.149. The first-order valence-corrected chi connectivity index (χ1v) is 12.5. The molecule has 0 spiro atoms. The van der Waals surface area contributed by atoms with Gasteiger partial charge < -0.3 is 32.1 Å². The predicted octanol–water partition coefficient (Wildman–Crippen LogP) is -0.576. The molecule has 0 saturated carbocycles. The number of carboxylic acid groups (broad SMARTS) is 1. The van der Waals surface area contributed by atoms with E-state index in [0.29, 0.717) is 31.6 Å². The van der Waals surface area contributed by atoms with Gasteiger partial charge in [-0.2, -0.15) is 11.8 Å². The number of amides is 4. The van der Waals surface area contributed by atoms with Crippen molar-refractivity contribution in [2.75, 3.05) is 18.6 Å². The van der Waals surface area contributed by atoms with Crippen LogP contribution in [0.15, 0.2) is 0 Å². The molecule has 1 rings (SSSR count). The fraction of sp³-hybridized carbons (Fsp3) is 0.762. The summed E-state index contributed by atoms with van der Waals surface area (Å²) in [6, 6.07) is -3.82. The van der Waals surface area contributed by atoms with Gasteiger partial charge in [0.05, 0.1) is 6.04 Å². The Morgan fingerprint density at radius 3 is 2.27 bits per heavy atom. The second kappa shape index (κ2) is 14.0. The number of aliphatic carboxylic acids is 1. The maximum absolute atomic E-state index is 13.1. The average Bonchev–Trinajstić information content (AvgIpc) is 3.23. The molecule has 0 aromatic carbocycles. The van der Waals surface area contributed by atoms with E-state index in [1.54, 1.807) is 0 Å². The van der Waals surface area contributed by atoms with Crippen molar-refractivity contribution in [3.63, 3.8) is 0 Å². The summed E-state index contributed by atoms with van der Waals surface area (Å²) >= 11 is 1.53. The van der Waals surface area contributed by atoms with Crippen LogP contribution in [0, 0.1) is 5.92 Å².